The van der Waals surface area contributed by atoms with Crippen LogP contribution in [-0.2, 0) is 10.0 Å². The van der Waals surface area contributed by atoms with Gasteiger partial charge in [-0.3, -0.25) is 18.9 Å². The summed E-state index contributed by atoms with van der Waals surface area (Å²) in [5.41, 5.74) is 4.93. The van der Waals surface area contributed by atoms with E-state index in [1.807, 2.05) is 18.2 Å². The number of hydrogen-bond donors (Lipinski definition) is 3. The van der Waals surface area contributed by atoms with Crippen molar-refractivity contribution in [2.45, 2.75) is 0 Å². The zero-order chi connectivity index (χ0) is 26.2. The molecule has 10 heteroatoms. The third-order valence-electron chi connectivity index (χ3n) is 6.03. The van der Waals surface area contributed by atoms with Crippen LogP contribution in [-0.4, -0.2) is 38.5 Å². The van der Waals surface area contributed by atoms with Gasteiger partial charge in [-0.1, -0.05) is 24.3 Å². The zero-order valence-electron chi connectivity index (χ0n) is 20.0. The van der Waals surface area contributed by atoms with Crippen LogP contribution in [0.25, 0.3) is 11.1 Å². The van der Waals surface area contributed by atoms with Crippen molar-refractivity contribution in [3.8, 4) is 11.1 Å². The van der Waals surface area contributed by atoms with Crippen molar-refractivity contribution >= 4 is 50.3 Å². The average molecular weight is 514 g/mol. The summed E-state index contributed by atoms with van der Waals surface area (Å²) in [7, 11) is -1.97. The normalized spacial score (nSPS) is 12.3. The van der Waals surface area contributed by atoms with Crippen LogP contribution in [0.3, 0.4) is 0 Å². The molecule has 1 aromatic heterocycles. The highest BCUT2D eigenvalue weighted by Crippen LogP contribution is 2.38. The van der Waals surface area contributed by atoms with Gasteiger partial charge in [0.15, 0.2) is 0 Å². The summed E-state index contributed by atoms with van der Waals surface area (Å²) in [5.74, 6) is -0.667. The largest absolute Gasteiger partial charge is 0.353 e. The molecule has 0 aliphatic carbocycles. The number of nitrogens with zero attached hydrogens (tertiary/aromatic N) is 2. The molecule has 0 saturated carbocycles. The predicted molar refractivity (Wildman–Crippen MR) is 145 cm³/mol. The van der Waals surface area contributed by atoms with Crippen LogP contribution < -0.4 is 20.3 Å². The lowest BCUT2D eigenvalue weighted by Gasteiger charge is -2.21. The first-order chi connectivity index (χ1) is 17.7. The van der Waals surface area contributed by atoms with Gasteiger partial charge in [-0.2, -0.15) is 0 Å². The third kappa shape index (κ3) is 4.87. The van der Waals surface area contributed by atoms with E-state index in [1.54, 1.807) is 67.0 Å². The standard InChI is InChI=1S/C27H23N5O4S/c1-32(37(2,35)36)25-8-4-3-7-20(25)17-9-11-21-23(14-17)30-22-12-10-18(15-24(22)31-27(21)34)26(33)29-19-6-5-13-28-16-19/h3-16,30H,1-2H3,(H,29,33)(H,31,34). The Morgan fingerprint density at radius 1 is 0.892 bits per heavy atom. The first kappa shape index (κ1) is 24.0. The monoisotopic (exact) mass is 513 g/mol. The Morgan fingerprint density at radius 3 is 2.46 bits per heavy atom. The molecule has 0 fully saturated rings. The number of benzene rings is 3. The molecule has 0 spiro atoms. The van der Waals surface area contributed by atoms with Crippen molar-refractivity contribution in [3.05, 3.63) is 96.3 Å². The van der Waals surface area contributed by atoms with E-state index in [0.717, 1.165) is 11.8 Å². The Kier molecular flexibility index (Phi) is 6.10. The molecule has 0 radical (unpaired) electrons. The summed E-state index contributed by atoms with van der Waals surface area (Å²) in [5, 5.41) is 8.92. The van der Waals surface area contributed by atoms with Gasteiger partial charge in [0, 0.05) is 24.4 Å². The highest BCUT2D eigenvalue weighted by Gasteiger charge is 2.22. The van der Waals surface area contributed by atoms with Crippen molar-refractivity contribution in [2.24, 2.45) is 0 Å². The van der Waals surface area contributed by atoms with Crippen LogP contribution in [0.15, 0.2) is 85.2 Å². The Balaban J connectivity index is 1.48. The maximum Gasteiger partial charge on any atom is 0.257 e. The molecule has 5 rings (SSSR count). The fourth-order valence-electron chi connectivity index (χ4n) is 4.06. The van der Waals surface area contributed by atoms with E-state index in [9.17, 15) is 18.0 Å². The molecule has 0 bridgehead atoms. The maximum atomic E-state index is 13.0. The van der Waals surface area contributed by atoms with Crippen LogP contribution in [0.2, 0.25) is 0 Å². The number of pyridine rings is 1. The Morgan fingerprint density at radius 2 is 1.70 bits per heavy atom. The molecule has 9 nitrogen and oxygen atoms in total. The number of anilines is 5. The van der Waals surface area contributed by atoms with Gasteiger partial charge in [0.05, 0.1) is 46.5 Å². The number of hydrogen-bond acceptors (Lipinski definition) is 6. The van der Waals surface area contributed by atoms with Gasteiger partial charge in [-0.15, -0.1) is 0 Å². The lowest BCUT2D eigenvalue weighted by molar-refractivity contribution is 0.101. The summed E-state index contributed by atoms with van der Waals surface area (Å²) in [6, 6.07) is 20.9. The fraction of sp³-hybridized carbons (Fsp3) is 0.0741. The number of carbonyl (C=O) groups excluding carboxylic acids is 2. The van der Waals surface area contributed by atoms with Gasteiger partial charge in [-0.25, -0.2) is 8.42 Å². The predicted octanol–water partition coefficient (Wildman–Crippen LogP) is 4.71. The molecule has 1 aliphatic rings. The minimum absolute atomic E-state index is 0.333. The molecule has 2 heterocycles. The fourth-order valence-corrected chi connectivity index (χ4v) is 4.57. The summed E-state index contributed by atoms with van der Waals surface area (Å²) in [6.07, 6.45) is 4.31. The van der Waals surface area contributed by atoms with E-state index in [1.165, 1.54) is 11.4 Å². The van der Waals surface area contributed by atoms with E-state index in [0.29, 0.717) is 45.1 Å². The molecule has 3 N–H and O–H groups in total. The van der Waals surface area contributed by atoms with Crippen LogP contribution >= 0.6 is 0 Å². The van der Waals surface area contributed by atoms with Crippen molar-refractivity contribution in [2.75, 3.05) is 33.6 Å². The summed E-state index contributed by atoms with van der Waals surface area (Å²) < 4.78 is 25.6. The summed E-state index contributed by atoms with van der Waals surface area (Å²) >= 11 is 0. The van der Waals surface area contributed by atoms with Crippen LogP contribution in [0, 0.1) is 0 Å². The van der Waals surface area contributed by atoms with Gasteiger partial charge in [0.2, 0.25) is 10.0 Å². The first-order valence-corrected chi connectivity index (χ1v) is 13.2. The second-order valence-corrected chi connectivity index (χ2v) is 10.6. The van der Waals surface area contributed by atoms with Crippen molar-refractivity contribution in [1.29, 1.82) is 0 Å². The highest BCUT2D eigenvalue weighted by atomic mass is 32.2. The van der Waals surface area contributed by atoms with Gasteiger partial charge < -0.3 is 16.0 Å². The molecular weight excluding hydrogens is 490 g/mol. The summed E-state index contributed by atoms with van der Waals surface area (Å²) in [4.78, 5) is 29.8. The lowest BCUT2D eigenvalue weighted by Crippen LogP contribution is -2.25. The Bertz CT molecular complexity index is 1640. The van der Waals surface area contributed by atoms with E-state index in [-0.39, 0.29) is 11.8 Å². The SMILES string of the molecule is CN(c1ccccc1-c1ccc2c(c1)Nc1ccc(C(=O)Nc3cccnc3)cc1NC2=O)S(C)(=O)=O. The molecular formula is C27H23N5O4S. The van der Waals surface area contributed by atoms with Gasteiger partial charge in [0.1, 0.15) is 0 Å². The smallest absolute Gasteiger partial charge is 0.257 e. The van der Waals surface area contributed by atoms with Crippen LogP contribution in [0.1, 0.15) is 20.7 Å². The molecule has 3 aromatic carbocycles. The van der Waals surface area contributed by atoms with E-state index < -0.39 is 10.0 Å². The van der Waals surface area contributed by atoms with E-state index in [4.69, 9.17) is 0 Å². The molecule has 0 unspecified atom stereocenters. The number of fused-ring (bicyclic) bond motifs is 2. The number of aromatic nitrogens is 1. The van der Waals surface area contributed by atoms with Crippen molar-refractivity contribution in [3.63, 3.8) is 0 Å². The number of nitrogens with one attached hydrogen (secondary N) is 3. The quantitative estimate of drug-likeness (QED) is 0.356. The minimum Gasteiger partial charge on any atom is -0.353 e. The Labute approximate surface area is 214 Å². The van der Waals surface area contributed by atoms with Gasteiger partial charge in [0.25, 0.3) is 11.8 Å². The highest BCUT2D eigenvalue weighted by molar-refractivity contribution is 7.92. The Hall–Kier alpha value is -4.70. The van der Waals surface area contributed by atoms with Crippen molar-refractivity contribution in [1.82, 2.24) is 4.98 Å². The second kappa shape index (κ2) is 9.40. The number of para-hydroxylation sites is 1. The molecule has 0 saturated heterocycles. The van der Waals surface area contributed by atoms with Gasteiger partial charge in [-0.05, 0) is 54.1 Å². The van der Waals surface area contributed by atoms with Crippen molar-refractivity contribution < 1.29 is 18.0 Å². The molecule has 4 aromatic rings. The lowest BCUT2D eigenvalue weighted by atomic mass is 10.0. The first-order valence-electron chi connectivity index (χ1n) is 11.3. The second-order valence-electron chi connectivity index (χ2n) is 8.54. The van der Waals surface area contributed by atoms with Crippen LogP contribution in [0.5, 0.6) is 0 Å². The number of amides is 2. The average Bonchev–Trinajstić information content (AvgIpc) is 3.02. The molecule has 37 heavy (non-hydrogen) atoms. The molecule has 2 amide bonds. The number of rotatable bonds is 5. The maximum absolute atomic E-state index is 13.0. The zero-order valence-corrected chi connectivity index (χ0v) is 20.8. The minimum atomic E-state index is -3.47. The summed E-state index contributed by atoms with van der Waals surface area (Å²) in [6.45, 7) is 0. The molecule has 186 valence electrons. The van der Waals surface area contributed by atoms with Gasteiger partial charge >= 0.3 is 0 Å². The molecule has 1 aliphatic heterocycles. The molecule has 0 atom stereocenters. The van der Waals surface area contributed by atoms with E-state index >= 15 is 0 Å². The third-order valence-corrected chi connectivity index (χ3v) is 7.23. The topological polar surface area (TPSA) is 120 Å². The number of sulfonamides is 1. The van der Waals surface area contributed by atoms with Crippen LogP contribution in [0.4, 0.5) is 28.4 Å². The number of carbonyl (C=O) groups is 2. The van der Waals surface area contributed by atoms with E-state index in [2.05, 4.69) is 20.9 Å².